The van der Waals surface area contributed by atoms with Gasteiger partial charge >= 0.3 is 0 Å². The maximum Gasteiger partial charge on any atom is 0.224 e. The second-order valence-corrected chi connectivity index (χ2v) is 6.10. The molecule has 1 saturated carbocycles. The molecule has 0 aliphatic heterocycles. The molecule has 2 aromatic carbocycles. The van der Waals surface area contributed by atoms with E-state index in [1.165, 1.54) is 30.4 Å². The second kappa shape index (κ2) is 6.78. The standard InChI is InChI=1S/C20H23NO/c1-16(22)21(19-12-6-3-7-13-19)20-14-8-11-18(15-20)17-9-4-2-5-10-17/h2,4-5,8-11,14-15,19H,3,6-7,12-13H2,1H3. The Morgan fingerprint density at radius 1 is 0.909 bits per heavy atom. The van der Waals surface area contributed by atoms with E-state index in [1.54, 1.807) is 6.92 Å². The summed E-state index contributed by atoms with van der Waals surface area (Å²) in [4.78, 5) is 14.2. The summed E-state index contributed by atoms with van der Waals surface area (Å²) in [7, 11) is 0. The molecule has 1 fully saturated rings. The quantitative estimate of drug-likeness (QED) is 0.776. The van der Waals surface area contributed by atoms with Gasteiger partial charge in [-0.15, -0.1) is 0 Å². The van der Waals surface area contributed by atoms with E-state index in [0.717, 1.165) is 18.5 Å². The van der Waals surface area contributed by atoms with Crippen molar-refractivity contribution in [3.8, 4) is 11.1 Å². The van der Waals surface area contributed by atoms with Crippen LogP contribution in [0.25, 0.3) is 11.1 Å². The van der Waals surface area contributed by atoms with Gasteiger partial charge < -0.3 is 4.90 Å². The average Bonchev–Trinajstić information content (AvgIpc) is 2.57. The molecule has 0 heterocycles. The van der Waals surface area contributed by atoms with Crippen LogP contribution < -0.4 is 4.90 Å². The molecule has 0 saturated heterocycles. The molecule has 2 aromatic rings. The fourth-order valence-corrected chi connectivity index (χ4v) is 3.45. The Kier molecular flexibility index (Phi) is 4.57. The summed E-state index contributed by atoms with van der Waals surface area (Å²) in [5, 5.41) is 0. The zero-order chi connectivity index (χ0) is 15.4. The Bertz CT molecular complexity index is 629. The Morgan fingerprint density at radius 3 is 2.27 bits per heavy atom. The second-order valence-electron chi connectivity index (χ2n) is 6.10. The predicted molar refractivity (Wildman–Crippen MR) is 91.9 cm³/mol. The van der Waals surface area contributed by atoms with Gasteiger partial charge in [-0.3, -0.25) is 4.79 Å². The Hall–Kier alpha value is -2.09. The van der Waals surface area contributed by atoms with Gasteiger partial charge in [0.1, 0.15) is 0 Å². The molecular weight excluding hydrogens is 270 g/mol. The number of hydrogen-bond acceptors (Lipinski definition) is 1. The number of nitrogens with zero attached hydrogens (tertiary/aromatic N) is 1. The summed E-state index contributed by atoms with van der Waals surface area (Å²) in [6.07, 6.45) is 6.00. The first-order chi connectivity index (χ1) is 10.8. The zero-order valence-electron chi connectivity index (χ0n) is 13.2. The van der Waals surface area contributed by atoms with Crippen LogP contribution in [0.1, 0.15) is 39.0 Å². The van der Waals surface area contributed by atoms with Crippen LogP contribution in [0.5, 0.6) is 0 Å². The van der Waals surface area contributed by atoms with E-state index < -0.39 is 0 Å². The van der Waals surface area contributed by atoms with Crippen molar-refractivity contribution < 1.29 is 4.79 Å². The van der Waals surface area contributed by atoms with Crippen LogP contribution in [-0.4, -0.2) is 11.9 Å². The predicted octanol–water partition coefficient (Wildman–Crippen LogP) is 5.04. The van der Waals surface area contributed by atoms with Gasteiger partial charge in [0.15, 0.2) is 0 Å². The number of amides is 1. The molecule has 0 spiro atoms. The smallest absolute Gasteiger partial charge is 0.224 e. The van der Waals surface area contributed by atoms with E-state index >= 15 is 0 Å². The van der Waals surface area contributed by atoms with Gasteiger partial charge in [0.2, 0.25) is 5.91 Å². The minimum Gasteiger partial charge on any atom is -0.310 e. The van der Waals surface area contributed by atoms with Crippen molar-refractivity contribution in [1.29, 1.82) is 0 Å². The van der Waals surface area contributed by atoms with E-state index in [0.29, 0.717) is 6.04 Å². The normalized spacial score (nSPS) is 15.5. The topological polar surface area (TPSA) is 20.3 Å². The van der Waals surface area contributed by atoms with Gasteiger partial charge in [-0.25, -0.2) is 0 Å². The van der Waals surface area contributed by atoms with E-state index in [4.69, 9.17) is 0 Å². The van der Waals surface area contributed by atoms with Crippen molar-refractivity contribution in [2.75, 3.05) is 4.90 Å². The lowest BCUT2D eigenvalue weighted by molar-refractivity contribution is -0.117. The summed E-state index contributed by atoms with van der Waals surface area (Å²) in [6.45, 7) is 1.68. The van der Waals surface area contributed by atoms with Crippen LogP contribution in [0.4, 0.5) is 5.69 Å². The molecule has 0 aromatic heterocycles. The van der Waals surface area contributed by atoms with Crippen LogP contribution >= 0.6 is 0 Å². The van der Waals surface area contributed by atoms with Crippen molar-refractivity contribution in [3.05, 3.63) is 54.6 Å². The summed E-state index contributed by atoms with van der Waals surface area (Å²) in [5.41, 5.74) is 3.39. The largest absolute Gasteiger partial charge is 0.310 e. The third kappa shape index (κ3) is 3.22. The molecule has 2 heteroatoms. The van der Waals surface area contributed by atoms with E-state index in [2.05, 4.69) is 36.4 Å². The fraction of sp³-hybridized carbons (Fsp3) is 0.350. The summed E-state index contributed by atoms with van der Waals surface area (Å²) in [6, 6.07) is 19.1. The monoisotopic (exact) mass is 293 g/mol. The zero-order valence-corrected chi connectivity index (χ0v) is 13.2. The number of carbonyl (C=O) groups excluding carboxylic acids is 1. The van der Waals surface area contributed by atoms with E-state index in [9.17, 15) is 4.79 Å². The molecule has 0 N–H and O–H groups in total. The molecule has 114 valence electrons. The number of benzene rings is 2. The third-order valence-electron chi connectivity index (χ3n) is 4.51. The van der Waals surface area contributed by atoms with Crippen molar-refractivity contribution in [2.45, 2.75) is 45.1 Å². The van der Waals surface area contributed by atoms with Crippen LogP contribution in [0.2, 0.25) is 0 Å². The van der Waals surface area contributed by atoms with Crippen molar-refractivity contribution in [2.24, 2.45) is 0 Å². The Balaban J connectivity index is 1.93. The first-order valence-corrected chi connectivity index (χ1v) is 8.21. The minimum absolute atomic E-state index is 0.150. The molecule has 2 nitrogen and oxygen atoms in total. The molecule has 1 aliphatic carbocycles. The molecule has 0 unspecified atom stereocenters. The Labute approximate surface area is 132 Å². The fourth-order valence-electron chi connectivity index (χ4n) is 3.45. The van der Waals surface area contributed by atoms with Crippen LogP contribution in [0, 0.1) is 0 Å². The van der Waals surface area contributed by atoms with E-state index in [1.807, 2.05) is 23.1 Å². The molecular formula is C20H23NO. The lowest BCUT2D eigenvalue weighted by Crippen LogP contribution is -2.40. The maximum atomic E-state index is 12.2. The lowest BCUT2D eigenvalue weighted by Gasteiger charge is -2.34. The first-order valence-electron chi connectivity index (χ1n) is 8.21. The van der Waals surface area contributed by atoms with Crippen molar-refractivity contribution in [1.82, 2.24) is 0 Å². The van der Waals surface area contributed by atoms with Crippen LogP contribution in [-0.2, 0) is 4.79 Å². The van der Waals surface area contributed by atoms with Gasteiger partial charge in [-0.2, -0.15) is 0 Å². The van der Waals surface area contributed by atoms with Gasteiger partial charge in [0.05, 0.1) is 0 Å². The highest BCUT2D eigenvalue weighted by Gasteiger charge is 2.24. The van der Waals surface area contributed by atoms with Gasteiger partial charge in [-0.05, 0) is 36.1 Å². The maximum absolute atomic E-state index is 12.2. The van der Waals surface area contributed by atoms with Gasteiger partial charge in [0.25, 0.3) is 0 Å². The molecule has 3 rings (SSSR count). The molecule has 0 atom stereocenters. The molecule has 0 radical (unpaired) electrons. The van der Waals surface area contributed by atoms with Crippen molar-refractivity contribution >= 4 is 11.6 Å². The minimum atomic E-state index is 0.150. The Morgan fingerprint density at radius 2 is 1.59 bits per heavy atom. The molecule has 22 heavy (non-hydrogen) atoms. The van der Waals surface area contributed by atoms with Crippen LogP contribution in [0.15, 0.2) is 54.6 Å². The van der Waals surface area contributed by atoms with Gasteiger partial charge in [0, 0.05) is 18.7 Å². The highest BCUT2D eigenvalue weighted by molar-refractivity contribution is 5.93. The third-order valence-corrected chi connectivity index (χ3v) is 4.51. The highest BCUT2D eigenvalue weighted by atomic mass is 16.2. The average molecular weight is 293 g/mol. The number of carbonyl (C=O) groups is 1. The summed E-state index contributed by atoms with van der Waals surface area (Å²) < 4.78 is 0. The summed E-state index contributed by atoms with van der Waals surface area (Å²) >= 11 is 0. The summed E-state index contributed by atoms with van der Waals surface area (Å²) in [5.74, 6) is 0.150. The van der Waals surface area contributed by atoms with Crippen molar-refractivity contribution in [3.63, 3.8) is 0 Å². The van der Waals surface area contributed by atoms with Crippen LogP contribution in [0.3, 0.4) is 0 Å². The number of hydrogen-bond donors (Lipinski definition) is 0. The van der Waals surface area contributed by atoms with E-state index in [-0.39, 0.29) is 5.91 Å². The highest BCUT2D eigenvalue weighted by Crippen LogP contribution is 2.30. The first kappa shape index (κ1) is 14.8. The number of anilines is 1. The molecule has 1 amide bonds. The SMILES string of the molecule is CC(=O)N(c1cccc(-c2ccccc2)c1)C1CCCCC1. The van der Waals surface area contributed by atoms with Gasteiger partial charge in [-0.1, -0.05) is 61.7 Å². The molecule has 1 aliphatic rings. The molecule has 0 bridgehead atoms. The number of rotatable bonds is 3. The lowest BCUT2D eigenvalue weighted by atomic mass is 9.93.